The predicted octanol–water partition coefficient (Wildman–Crippen LogP) is 0.274. The van der Waals surface area contributed by atoms with E-state index in [0.29, 0.717) is 6.54 Å². The number of nitrogens with two attached hydrogens (primary N) is 1. The van der Waals surface area contributed by atoms with Gasteiger partial charge in [0.15, 0.2) is 0 Å². The number of unbranched alkanes of at least 4 members (excludes halogenated alkanes) is 1. The van der Waals surface area contributed by atoms with Gasteiger partial charge in [-0.1, -0.05) is 12.2 Å². The second-order valence-corrected chi connectivity index (χ2v) is 1.57. The lowest BCUT2D eigenvalue weighted by Gasteiger charge is -1.85. The highest BCUT2D eigenvalue weighted by molar-refractivity contribution is 4.81. The Hall–Kier alpha value is -0.340. The van der Waals surface area contributed by atoms with Crippen molar-refractivity contribution in [2.24, 2.45) is 5.73 Å². The summed E-state index contributed by atoms with van der Waals surface area (Å²) in [6.45, 7) is 0.875. The third kappa shape index (κ3) is 5.66. The number of hydrogen-bond acceptors (Lipinski definition) is 2. The summed E-state index contributed by atoms with van der Waals surface area (Å²) < 4.78 is 0. The molecule has 0 fully saturated rings. The summed E-state index contributed by atoms with van der Waals surface area (Å²) in [6.07, 6.45) is 5.66. The quantitative estimate of drug-likeness (QED) is 0.408. The zero-order chi connectivity index (χ0) is 6.24. The lowest BCUT2D eigenvalue weighted by molar-refractivity contribution is 0.289. The van der Waals surface area contributed by atoms with E-state index in [-0.39, 0.29) is 6.61 Å². The van der Waals surface area contributed by atoms with Crippen LogP contribution >= 0.6 is 0 Å². The smallest absolute Gasteiger partial charge is 0.0433 e. The second-order valence-electron chi connectivity index (χ2n) is 1.57. The van der Waals surface area contributed by atoms with Crippen LogP contribution in [0.3, 0.4) is 0 Å². The summed E-state index contributed by atoms with van der Waals surface area (Å²) in [6, 6.07) is 0. The van der Waals surface area contributed by atoms with Gasteiger partial charge in [0.25, 0.3) is 0 Å². The first-order valence-corrected chi connectivity index (χ1v) is 2.87. The Balaban J connectivity index is 2.80. The Morgan fingerprint density at radius 2 is 2.12 bits per heavy atom. The van der Waals surface area contributed by atoms with E-state index < -0.39 is 0 Å². The third-order valence-corrected chi connectivity index (χ3v) is 0.832. The highest BCUT2D eigenvalue weighted by Gasteiger charge is 1.75. The molecule has 0 aromatic rings. The third-order valence-electron chi connectivity index (χ3n) is 0.832. The molecular formula is C6H13NO. The molecule has 8 heavy (non-hydrogen) atoms. The van der Waals surface area contributed by atoms with Crippen LogP contribution in [0.15, 0.2) is 12.2 Å². The van der Waals surface area contributed by atoms with E-state index in [4.69, 9.17) is 10.8 Å². The van der Waals surface area contributed by atoms with Crippen molar-refractivity contribution < 1.29 is 5.11 Å². The van der Waals surface area contributed by atoms with Crippen molar-refractivity contribution in [1.29, 1.82) is 0 Å². The number of aliphatic hydroxyl groups excluding tert-OH is 1. The minimum Gasteiger partial charge on any atom is -0.396 e. The fourth-order valence-electron chi connectivity index (χ4n) is 0.423. The Kier molecular flexibility index (Phi) is 6.38. The Bertz CT molecular complexity index is 61.5. The summed E-state index contributed by atoms with van der Waals surface area (Å²) in [7, 11) is 0. The van der Waals surface area contributed by atoms with Gasteiger partial charge in [-0.3, -0.25) is 0 Å². The summed E-state index contributed by atoms with van der Waals surface area (Å²) in [5.74, 6) is 0. The SMILES string of the molecule is NC/C=C\CCCO. The topological polar surface area (TPSA) is 46.2 Å². The monoisotopic (exact) mass is 115 g/mol. The van der Waals surface area contributed by atoms with Crippen molar-refractivity contribution in [3.63, 3.8) is 0 Å². The van der Waals surface area contributed by atoms with E-state index in [2.05, 4.69) is 0 Å². The average molecular weight is 115 g/mol. The van der Waals surface area contributed by atoms with E-state index in [0.717, 1.165) is 12.8 Å². The summed E-state index contributed by atoms with van der Waals surface area (Å²) >= 11 is 0. The first-order valence-electron chi connectivity index (χ1n) is 2.87. The van der Waals surface area contributed by atoms with E-state index >= 15 is 0 Å². The molecule has 0 amide bonds. The van der Waals surface area contributed by atoms with Crippen molar-refractivity contribution in [3.05, 3.63) is 12.2 Å². The van der Waals surface area contributed by atoms with Crippen LogP contribution in [0.5, 0.6) is 0 Å². The summed E-state index contributed by atoms with van der Waals surface area (Å²) in [5.41, 5.74) is 5.16. The molecule has 3 N–H and O–H groups in total. The van der Waals surface area contributed by atoms with Crippen molar-refractivity contribution >= 4 is 0 Å². The van der Waals surface area contributed by atoms with Crippen molar-refractivity contribution in [1.82, 2.24) is 0 Å². The highest BCUT2D eigenvalue weighted by atomic mass is 16.2. The average Bonchev–Trinajstić information content (AvgIpc) is 1.81. The number of hydrogen-bond donors (Lipinski definition) is 2. The molecule has 0 aromatic carbocycles. The van der Waals surface area contributed by atoms with Crippen LogP contribution in [0, 0.1) is 0 Å². The molecule has 0 radical (unpaired) electrons. The minimum absolute atomic E-state index is 0.273. The van der Waals surface area contributed by atoms with Crippen molar-refractivity contribution in [3.8, 4) is 0 Å². The molecule has 0 bridgehead atoms. The van der Waals surface area contributed by atoms with E-state index in [1.165, 1.54) is 0 Å². The van der Waals surface area contributed by atoms with Crippen molar-refractivity contribution in [2.75, 3.05) is 13.2 Å². The van der Waals surface area contributed by atoms with Crippen LogP contribution in [-0.4, -0.2) is 18.3 Å². The van der Waals surface area contributed by atoms with Crippen LogP contribution in [0.2, 0.25) is 0 Å². The number of rotatable bonds is 4. The van der Waals surface area contributed by atoms with Gasteiger partial charge < -0.3 is 10.8 Å². The summed E-state index contributed by atoms with van der Waals surface area (Å²) in [4.78, 5) is 0. The van der Waals surface area contributed by atoms with Gasteiger partial charge in [0, 0.05) is 13.2 Å². The van der Waals surface area contributed by atoms with Gasteiger partial charge in [0.05, 0.1) is 0 Å². The van der Waals surface area contributed by atoms with Gasteiger partial charge in [0.2, 0.25) is 0 Å². The number of aliphatic hydroxyl groups is 1. The standard InChI is InChI=1S/C6H13NO/c7-5-3-1-2-4-6-8/h1,3,8H,2,4-7H2/b3-1-. The van der Waals surface area contributed by atoms with E-state index in [1.807, 2.05) is 12.2 Å². The first-order chi connectivity index (χ1) is 3.91. The molecule has 0 spiro atoms. The second kappa shape index (κ2) is 6.66. The molecule has 0 heterocycles. The van der Waals surface area contributed by atoms with Gasteiger partial charge in [0.1, 0.15) is 0 Å². The maximum Gasteiger partial charge on any atom is 0.0433 e. The van der Waals surface area contributed by atoms with Crippen LogP contribution in [0.1, 0.15) is 12.8 Å². The molecule has 48 valence electrons. The van der Waals surface area contributed by atoms with Crippen LogP contribution < -0.4 is 5.73 Å². The normalized spacial score (nSPS) is 10.8. The maximum atomic E-state index is 8.30. The van der Waals surface area contributed by atoms with Gasteiger partial charge in [-0.2, -0.15) is 0 Å². The molecule has 2 heteroatoms. The zero-order valence-corrected chi connectivity index (χ0v) is 5.01. The number of allylic oxidation sites excluding steroid dienone is 1. The van der Waals surface area contributed by atoms with Gasteiger partial charge in [-0.25, -0.2) is 0 Å². The fraction of sp³-hybridized carbons (Fsp3) is 0.667. The maximum absolute atomic E-state index is 8.30. The van der Waals surface area contributed by atoms with Crippen LogP contribution in [-0.2, 0) is 0 Å². The fourth-order valence-corrected chi connectivity index (χ4v) is 0.423. The Morgan fingerprint density at radius 3 is 2.62 bits per heavy atom. The zero-order valence-electron chi connectivity index (χ0n) is 5.01. The van der Waals surface area contributed by atoms with E-state index in [9.17, 15) is 0 Å². The molecule has 2 nitrogen and oxygen atoms in total. The lowest BCUT2D eigenvalue weighted by atomic mass is 10.3. The molecule has 0 saturated heterocycles. The molecule has 0 aliphatic rings. The molecule has 0 aliphatic heterocycles. The lowest BCUT2D eigenvalue weighted by Crippen LogP contribution is -1.92. The van der Waals surface area contributed by atoms with Gasteiger partial charge in [-0.15, -0.1) is 0 Å². The first kappa shape index (κ1) is 7.66. The van der Waals surface area contributed by atoms with Gasteiger partial charge in [-0.05, 0) is 12.8 Å². The van der Waals surface area contributed by atoms with Crippen LogP contribution in [0.4, 0.5) is 0 Å². The molecule has 0 aliphatic carbocycles. The molecular weight excluding hydrogens is 102 g/mol. The van der Waals surface area contributed by atoms with Gasteiger partial charge >= 0.3 is 0 Å². The molecule has 0 rings (SSSR count). The van der Waals surface area contributed by atoms with E-state index in [1.54, 1.807) is 0 Å². The highest BCUT2D eigenvalue weighted by Crippen LogP contribution is 1.86. The Labute approximate surface area is 50.0 Å². The van der Waals surface area contributed by atoms with Crippen molar-refractivity contribution in [2.45, 2.75) is 12.8 Å². The van der Waals surface area contributed by atoms with Crippen LogP contribution in [0.25, 0.3) is 0 Å². The largest absolute Gasteiger partial charge is 0.396 e. The Morgan fingerprint density at radius 1 is 1.38 bits per heavy atom. The predicted molar refractivity (Wildman–Crippen MR) is 34.5 cm³/mol. The summed E-state index contributed by atoms with van der Waals surface area (Å²) in [5, 5.41) is 8.30. The minimum atomic E-state index is 0.273. The molecule has 0 saturated carbocycles. The molecule has 0 unspecified atom stereocenters. The molecule has 0 aromatic heterocycles. The molecule has 0 atom stereocenters.